The molecule has 1 amide bonds. The first-order valence-corrected chi connectivity index (χ1v) is 7.52. The third kappa shape index (κ3) is 4.92. The number of rotatable bonds is 2. The second-order valence-corrected chi connectivity index (χ2v) is 5.90. The summed E-state index contributed by atoms with van der Waals surface area (Å²) in [6.07, 6.45) is 3.58. The Morgan fingerprint density at radius 2 is 1.87 bits per heavy atom. The molecule has 2 heterocycles. The van der Waals surface area contributed by atoms with Crippen molar-refractivity contribution in [2.75, 3.05) is 27.2 Å². The maximum absolute atomic E-state index is 12.5. The van der Waals surface area contributed by atoms with Crippen LogP contribution in [-0.4, -0.2) is 65.1 Å². The number of aryl methyl sites for hydroxylation is 2. The second-order valence-electron chi connectivity index (χ2n) is 5.90. The molecule has 1 aromatic heterocycles. The quantitative estimate of drug-likeness (QED) is 0.804. The van der Waals surface area contributed by atoms with Crippen LogP contribution in [-0.2, 0) is 11.8 Å². The Balaban J connectivity index is 0.000000816. The smallest absolute Gasteiger partial charge is 0.290 e. The van der Waals surface area contributed by atoms with Crippen molar-refractivity contribution >= 4 is 12.4 Å². The summed E-state index contributed by atoms with van der Waals surface area (Å²) in [5.41, 5.74) is 0.958. The van der Waals surface area contributed by atoms with Gasteiger partial charge in [-0.1, -0.05) is 0 Å². The lowest BCUT2D eigenvalue weighted by Crippen LogP contribution is -2.45. The molecule has 0 aromatic carbocycles. The summed E-state index contributed by atoms with van der Waals surface area (Å²) >= 11 is 0. The van der Waals surface area contributed by atoms with Gasteiger partial charge in [0.25, 0.3) is 12.4 Å². The fourth-order valence-corrected chi connectivity index (χ4v) is 2.64. The fraction of sp³-hybridized carbons (Fsp3) is 0.562. The summed E-state index contributed by atoms with van der Waals surface area (Å²) < 4.78 is 1.82. The van der Waals surface area contributed by atoms with Gasteiger partial charge in [0.05, 0.1) is 0 Å². The van der Waals surface area contributed by atoms with Gasteiger partial charge in [0.15, 0.2) is 5.43 Å². The van der Waals surface area contributed by atoms with Crippen molar-refractivity contribution in [1.82, 2.24) is 14.4 Å². The molecule has 1 aliphatic rings. The molecule has 0 saturated carbocycles. The Hall–Kier alpha value is -2.15. The molecule has 128 valence electrons. The zero-order valence-electron chi connectivity index (χ0n) is 14.2. The largest absolute Gasteiger partial charge is 0.483 e. The van der Waals surface area contributed by atoms with E-state index in [1.807, 2.05) is 18.5 Å². The van der Waals surface area contributed by atoms with E-state index in [1.54, 1.807) is 11.1 Å². The van der Waals surface area contributed by atoms with Crippen molar-refractivity contribution in [3.05, 3.63) is 33.7 Å². The minimum absolute atomic E-state index is 0.136. The number of carbonyl (C=O) groups is 2. The van der Waals surface area contributed by atoms with Crippen molar-refractivity contribution in [3.8, 4) is 0 Å². The number of carboxylic acid groups (broad SMARTS) is 1. The number of carbonyl (C=O) groups excluding carboxylic acids is 1. The standard InChI is InChI=1S/C15H23N3O2.CH2O2/c1-11-9-14(19)13(10-17(11)4)15(20)18-7-5-12(6-8-18)16(2)3;2-1-3/h9-10,12H,5-8H2,1-4H3;1H,(H,2,3). The topological polar surface area (TPSA) is 82.9 Å². The molecule has 0 spiro atoms. The van der Waals surface area contributed by atoms with Crippen LogP contribution in [0, 0.1) is 6.92 Å². The Bertz CT molecular complexity index is 602. The Kier molecular flexibility index (Phi) is 6.96. The van der Waals surface area contributed by atoms with E-state index in [4.69, 9.17) is 9.90 Å². The molecule has 0 aliphatic carbocycles. The van der Waals surface area contributed by atoms with Crippen LogP contribution >= 0.6 is 0 Å². The van der Waals surface area contributed by atoms with Crippen LogP contribution in [0.3, 0.4) is 0 Å². The van der Waals surface area contributed by atoms with Crippen LogP contribution in [0.2, 0.25) is 0 Å². The maximum Gasteiger partial charge on any atom is 0.290 e. The number of hydrogen-bond acceptors (Lipinski definition) is 4. The first kappa shape index (κ1) is 18.9. The molecule has 1 N–H and O–H groups in total. The average molecular weight is 323 g/mol. The van der Waals surface area contributed by atoms with Gasteiger partial charge in [-0.25, -0.2) is 0 Å². The molecule has 2 rings (SSSR count). The van der Waals surface area contributed by atoms with E-state index in [0.717, 1.165) is 31.6 Å². The highest BCUT2D eigenvalue weighted by atomic mass is 16.3. The highest BCUT2D eigenvalue weighted by Gasteiger charge is 2.26. The van der Waals surface area contributed by atoms with Crippen LogP contribution in [0.15, 0.2) is 17.1 Å². The zero-order valence-corrected chi connectivity index (χ0v) is 14.2. The van der Waals surface area contributed by atoms with Crippen LogP contribution in [0.25, 0.3) is 0 Å². The summed E-state index contributed by atoms with van der Waals surface area (Å²) in [7, 11) is 5.99. The molecule has 0 unspecified atom stereocenters. The first-order chi connectivity index (χ1) is 10.8. The van der Waals surface area contributed by atoms with Gasteiger partial charge in [-0.2, -0.15) is 0 Å². The van der Waals surface area contributed by atoms with Crippen LogP contribution < -0.4 is 5.43 Å². The van der Waals surface area contributed by atoms with E-state index < -0.39 is 0 Å². The van der Waals surface area contributed by atoms with Gasteiger partial charge >= 0.3 is 0 Å². The van der Waals surface area contributed by atoms with Gasteiger partial charge in [0.1, 0.15) is 5.56 Å². The summed E-state index contributed by atoms with van der Waals surface area (Å²) in [4.78, 5) is 36.8. The SMILES string of the molecule is Cc1cc(=O)c(C(=O)N2CCC(N(C)C)CC2)cn1C.O=CO. The van der Waals surface area contributed by atoms with E-state index in [9.17, 15) is 9.59 Å². The number of likely N-dealkylation sites (tertiary alicyclic amines) is 1. The van der Waals surface area contributed by atoms with Crippen molar-refractivity contribution in [1.29, 1.82) is 0 Å². The molecule has 1 aromatic rings. The number of pyridine rings is 1. The molecule has 7 heteroatoms. The second kappa shape index (κ2) is 8.47. The van der Waals surface area contributed by atoms with Crippen molar-refractivity contribution < 1.29 is 14.7 Å². The van der Waals surface area contributed by atoms with E-state index >= 15 is 0 Å². The molecular formula is C16H25N3O4. The molecule has 0 atom stereocenters. The summed E-state index contributed by atoms with van der Waals surface area (Å²) in [6, 6.07) is 2.06. The monoisotopic (exact) mass is 323 g/mol. The highest BCUT2D eigenvalue weighted by molar-refractivity contribution is 5.93. The maximum atomic E-state index is 12.5. The average Bonchev–Trinajstić information content (AvgIpc) is 2.51. The molecular weight excluding hydrogens is 298 g/mol. The predicted octanol–water partition coefficient (Wildman–Crippen LogP) is 0.561. The number of piperidine rings is 1. The van der Waals surface area contributed by atoms with Gasteiger partial charge in [0.2, 0.25) is 0 Å². The van der Waals surface area contributed by atoms with Gasteiger partial charge in [-0.3, -0.25) is 14.4 Å². The fourth-order valence-electron chi connectivity index (χ4n) is 2.64. The zero-order chi connectivity index (χ0) is 17.6. The molecule has 7 nitrogen and oxygen atoms in total. The summed E-state index contributed by atoms with van der Waals surface area (Å²) in [6.45, 7) is 3.05. The van der Waals surface area contributed by atoms with Crippen molar-refractivity contribution in [3.63, 3.8) is 0 Å². The highest BCUT2D eigenvalue weighted by Crippen LogP contribution is 2.15. The molecule has 1 fully saturated rings. The van der Waals surface area contributed by atoms with E-state index in [-0.39, 0.29) is 23.4 Å². The summed E-state index contributed by atoms with van der Waals surface area (Å²) in [5.74, 6) is -0.136. The minimum Gasteiger partial charge on any atom is -0.483 e. The Labute approximate surface area is 136 Å². The number of amides is 1. The van der Waals surface area contributed by atoms with Crippen molar-refractivity contribution in [2.24, 2.45) is 7.05 Å². The van der Waals surface area contributed by atoms with Gasteiger partial charge in [0, 0.05) is 44.1 Å². The van der Waals surface area contributed by atoms with E-state index in [2.05, 4.69) is 19.0 Å². The molecule has 1 saturated heterocycles. The molecule has 1 aliphatic heterocycles. The number of aromatic nitrogens is 1. The van der Waals surface area contributed by atoms with Crippen LogP contribution in [0.1, 0.15) is 28.9 Å². The third-order valence-corrected chi connectivity index (χ3v) is 4.20. The Morgan fingerprint density at radius 3 is 2.35 bits per heavy atom. The first-order valence-electron chi connectivity index (χ1n) is 7.52. The van der Waals surface area contributed by atoms with Crippen LogP contribution in [0.4, 0.5) is 0 Å². The minimum atomic E-state index is -0.250. The number of nitrogens with zero attached hydrogens (tertiary/aromatic N) is 3. The lowest BCUT2D eigenvalue weighted by molar-refractivity contribution is -0.122. The van der Waals surface area contributed by atoms with E-state index in [0.29, 0.717) is 6.04 Å². The lowest BCUT2D eigenvalue weighted by Gasteiger charge is -2.35. The van der Waals surface area contributed by atoms with Crippen molar-refractivity contribution in [2.45, 2.75) is 25.8 Å². The van der Waals surface area contributed by atoms with Gasteiger partial charge in [-0.15, -0.1) is 0 Å². The van der Waals surface area contributed by atoms with Gasteiger partial charge in [-0.05, 0) is 33.9 Å². The summed E-state index contributed by atoms with van der Waals surface area (Å²) in [5, 5.41) is 6.89. The van der Waals surface area contributed by atoms with E-state index in [1.165, 1.54) is 6.07 Å². The molecule has 0 bridgehead atoms. The molecule has 0 radical (unpaired) electrons. The number of hydrogen-bond donors (Lipinski definition) is 1. The van der Waals surface area contributed by atoms with Gasteiger partial charge < -0.3 is 19.5 Å². The third-order valence-electron chi connectivity index (χ3n) is 4.20. The van der Waals surface area contributed by atoms with Crippen LogP contribution in [0.5, 0.6) is 0 Å². The Morgan fingerprint density at radius 1 is 1.35 bits per heavy atom. The molecule has 23 heavy (non-hydrogen) atoms. The lowest BCUT2D eigenvalue weighted by atomic mass is 10.0. The predicted molar refractivity (Wildman–Crippen MR) is 87.7 cm³/mol. The normalized spacial score (nSPS) is 15.1.